The number of nitrogens with zero attached hydrogens (tertiary/aromatic N) is 2. The molecule has 0 radical (unpaired) electrons. The van der Waals surface area contributed by atoms with Crippen LogP contribution in [-0.4, -0.2) is 42.0 Å². The van der Waals surface area contributed by atoms with Crippen molar-refractivity contribution < 1.29 is 4.39 Å². The maximum absolute atomic E-state index is 13.0. The lowest BCUT2D eigenvalue weighted by Gasteiger charge is -2.39. The minimum Gasteiger partial charge on any atom is -0.298 e. The molecule has 1 aliphatic heterocycles. The summed E-state index contributed by atoms with van der Waals surface area (Å²) in [5, 5.41) is 0. The van der Waals surface area contributed by atoms with E-state index in [0.29, 0.717) is 6.04 Å². The quantitative estimate of drug-likeness (QED) is 0.846. The molecule has 1 fully saturated rings. The molecule has 0 amide bonds. The molecule has 0 spiro atoms. The highest BCUT2D eigenvalue weighted by Crippen LogP contribution is 2.21. The fraction of sp³-hybridized carbons (Fsp3) is 0.571. The number of rotatable bonds is 3. The highest BCUT2D eigenvalue weighted by molar-refractivity contribution is 9.10. The Morgan fingerprint density at radius 1 is 1.39 bits per heavy atom. The summed E-state index contributed by atoms with van der Waals surface area (Å²) < 4.78 is 13.9. The Hall–Kier alpha value is -0.450. The monoisotopic (exact) mass is 314 g/mol. The van der Waals surface area contributed by atoms with Crippen LogP contribution in [0.3, 0.4) is 0 Å². The van der Waals surface area contributed by atoms with Crippen LogP contribution in [0, 0.1) is 5.82 Å². The maximum atomic E-state index is 13.0. The van der Waals surface area contributed by atoms with Gasteiger partial charge in [0.15, 0.2) is 0 Å². The van der Waals surface area contributed by atoms with E-state index in [1.807, 2.05) is 6.07 Å². The van der Waals surface area contributed by atoms with Gasteiger partial charge in [-0.15, -0.1) is 0 Å². The van der Waals surface area contributed by atoms with Crippen molar-refractivity contribution in [2.45, 2.75) is 26.4 Å². The van der Waals surface area contributed by atoms with Crippen LogP contribution in [-0.2, 0) is 6.54 Å². The molecule has 1 aromatic carbocycles. The summed E-state index contributed by atoms with van der Waals surface area (Å²) in [6, 6.07) is 5.55. The average molecular weight is 315 g/mol. The molecule has 0 bridgehead atoms. The molecular weight excluding hydrogens is 295 g/mol. The van der Waals surface area contributed by atoms with Gasteiger partial charge in [0.1, 0.15) is 5.82 Å². The third kappa shape index (κ3) is 3.31. The van der Waals surface area contributed by atoms with Gasteiger partial charge in [0.25, 0.3) is 0 Å². The molecule has 1 heterocycles. The predicted octanol–water partition coefficient (Wildman–Crippen LogP) is 3.11. The number of hydrogen-bond donors (Lipinski definition) is 0. The van der Waals surface area contributed by atoms with Gasteiger partial charge in [-0.2, -0.15) is 0 Å². The van der Waals surface area contributed by atoms with Crippen molar-refractivity contribution in [3.63, 3.8) is 0 Å². The van der Waals surface area contributed by atoms with Crippen LogP contribution in [0.15, 0.2) is 22.7 Å². The molecule has 1 atom stereocenters. The molecule has 0 N–H and O–H groups in total. The van der Waals surface area contributed by atoms with Crippen molar-refractivity contribution in [2.75, 3.05) is 26.2 Å². The third-order valence-corrected chi connectivity index (χ3v) is 4.40. The second-order valence-corrected chi connectivity index (χ2v) is 5.80. The van der Waals surface area contributed by atoms with E-state index in [2.05, 4.69) is 39.6 Å². The predicted molar refractivity (Wildman–Crippen MR) is 76.1 cm³/mol. The van der Waals surface area contributed by atoms with Gasteiger partial charge in [-0.1, -0.05) is 28.9 Å². The second kappa shape index (κ2) is 6.13. The number of piperazine rings is 1. The molecule has 2 nitrogen and oxygen atoms in total. The van der Waals surface area contributed by atoms with E-state index in [0.717, 1.165) is 42.8 Å². The summed E-state index contributed by atoms with van der Waals surface area (Å²) in [6.45, 7) is 9.78. The molecular formula is C14H20BrFN2. The van der Waals surface area contributed by atoms with Gasteiger partial charge < -0.3 is 0 Å². The Bertz CT molecular complexity index is 411. The number of halogens is 2. The summed E-state index contributed by atoms with van der Waals surface area (Å²) in [5.74, 6) is -0.185. The van der Waals surface area contributed by atoms with E-state index in [1.54, 1.807) is 6.07 Å². The van der Waals surface area contributed by atoms with Crippen LogP contribution in [0.2, 0.25) is 0 Å². The molecule has 2 rings (SSSR count). The van der Waals surface area contributed by atoms with Crippen LogP contribution in [0.4, 0.5) is 4.39 Å². The summed E-state index contributed by atoms with van der Waals surface area (Å²) in [5.41, 5.74) is 1.16. The SMILES string of the molecule is CCN1CCN(Cc2ccc(F)cc2Br)CC1C. The first kappa shape index (κ1) is 14.0. The zero-order valence-corrected chi connectivity index (χ0v) is 12.6. The van der Waals surface area contributed by atoms with Gasteiger partial charge in [-0.3, -0.25) is 9.80 Å². The second-order valence-electron chi connectivity index (χ2n) is 4.95. The smallest absolute Gasteiger partial charge is 0.124 e. The van der Waals surface area contributed by atoms with Gasteiger partial charge in [0.2, 0.25) is 0 Å². The van der Waals surface area contributed by atoms with Crippen LogP contribution >= 0.6 is 15.9 Å². The van der Waals surface area contributed by atoms with E-state index in [1.165, 1.54) is 6.07 Å². The van der Waals surface area contributed by atoms with Gasteiger partial charge >= 0.3 is 0 Å². The molecule has 100 valence electrons. The topological polar surface area (TPSA) is 6.48 Å². The van der Waals surface area contributed by atoms with Gasteiger partial charge in [0, 0.05) is 36.7 Å². The molecule has 1 unspecified atom stereocenters. The van der Waals surface area contributed by atoms with Crippen LogP contribution < -0.4 is 0 Å². The molecule has 0 aromatic heterocycles. The maximum Gasteiger partial charge on any atom is 0.124 e. The normalized spacial score (nSPS) is 22.3. The van der Waals surface area contributed by atoms with Crippen molar-refractivity contribution in [1.82, 2.24) is 9.80 Å². The first-order chi connectivity index (χ1) is 8.60. The van der Waals surface area contributed by atoms with Crippen molar-refractivity contribution in [3.8, 4) is 0 Å². The molecule has 4 heteroatoms. The largest absolute Gasteiger partial charge is 0.298 e. The highest BCUT2D eigenvalue weighted by atomic mass is 79.9. The van der Waals surface area contributed by atoms with Crippen LogP contribution in [0.5, 0.6) is 0 Å². The first-order valence-electron chi connectivity index (χ1n) is 6.50. The van der Waals surface area contributed by atoms with E-state index in [-0.39, 0.29) is 5.82 Å². The lowest BCUT2D eigenvalue weighted by atomic mass is 10.1. The van der Waals surface area contributed by atoms with E-state index in [4.69, 9.17) is 0 Å². The Morgan fingerprint density at radius 2 is 2.17 bits per heavy atom. The summed E-state index contributed by atoms with van der Waals surface area (Å²) in [7, 11) is 0. The van der Waals surface area contributed by atoms with Gasteiger partial charge in [-0.25, -0.2) is 4.39 Å². The molecule has 1 aromatic rings. The highest BCUT2D eigenvalue weighted by Gasteiger charge is 2.22. The number of hydrogen-bond acceptors (Lipinski definition) is 2. The molecule has 1 saturated heterocycles. The Labute approximate surface area is 117 Å². The van der Waals surface area contributed by atoms with Crippen molar-refractivity contribution in [1.29, 1.82) is 0 Å². The first-order valence-corrected chi connectivity index (χ1v) is 7.29. The zero-order valence-electron chi connectivity index (χ0n) is 11.0. The van der Waals surface area contributed by atoms with E-state index >= 15 is 0 Å². The molecule has 18 heavy (non-hydrogen) atoms. The lowest BCUT2D eigenvalue weighted by Crippen LogP contribution is -2.51. The minimum atomic E-state index is -0.185. The van der Waals surface area contributed by atoms with E-state index < -0.39 is 0 Å². The van der Waals surface area contributed by atoms with Gasteiger partial charge in [0.05, 0.1) is 0 Å². The summed E-state index contributed by atoms with van der Waals surface area (Å²) in [4.78, 5) is 4.94. The summed E-state index contributed by atoms with van der Waals surface area (Å²) >= 11 is 3.44. The molecule has 0 saturated carbocycles. The average Bonchev–Trinajstić information content (AvgIpc) is 2.33. The standard InChI is InChI=1S/C14H20BrFN2/c1-3-18-7-6-17(9-11(18)2)10-12-4-5-13(16)8-14(12)15/h4-5,8,11H,3,6-7,9-10H2,1-2H3. The van der Waals surface area contributed by atoms with Crippen LogP contribution in [0.25, 0.3) is 0 Å². The molecule has 1 aliphatic rings. The van der Waals surface area contributed by atoms with Crippen LogP contribution in [0.1, 0.15) is 19.4 Å². The number of benzene rings is 1. The van der Waals surface area contributed by atoms with Crippen molar-refractivity contribution >= 4 is 15.9 Å². The lowest BCUT2D eigenvalue weighted by molar-refractivity contribution is 0.0833. The fourth-order valence-electron chi connectivity index (χ4n) is 2.57. The third-order valence-electron chi connectivity index (χ3n) is 3.66. The fourth-order valence-corrected chi connectivity index (χ4v) is 3.05. The zero-order chi connectivity index (χ0) is 13.1. The number of likely N-dealkylation sites (N-methyl/N-ethyl adjacent to an activating group) is 1. The summed E-state index contributed by atoms with van der Waals surface area (Å²) in [6.07, 6.45) is 0. The minimum absolute atomic E-state index is 0.185. The van der Waals surface area contributed by atoms with Gasteiger partial charge in [-0.05, 0) is 31.2 Å². The molecule has 0 aliphatic carbocycles. The van der Waals surface area contributed by atoms with E-state index in [9.17, 15) is 4.39 Å². The Kier molecular flexibility index (Phi) is 4.76. The Morgan fingerprint density at radius 3 is 2.78 bits per heavy atom. The van der Waals surface area contributed by atoms with Crippen molar-refractivity contribution in [3.05, 3.63) is 34.1 Å². The van der Waals surface area contributed by atoms with Crippen molar-refractivity contribution in [2.24, 2.45) is 0 Å². The Balaban J connectivity index is 1.98.